The quantitative estimate of drug-likeness (QED) is 0.0870. The van der Waals surface area contributed by atoms with Gasteiger partial charge in [0, 0.05) is 23.5 Å². The third kappa shape index (κ3) is 8.24. The Balaban J connectivity index is 1.68. The van der Waals surface area contributed by atoms with Crippen LogP contribution in [-0.2, 0) is 10.0 Å². The van der Waals surface area contributed by atoms with Gasteiger partial charge in [-0.3, -0.25) is 9.59 Å². The van der Waals surface area contributed by atoms with E-state index in [-0.39, 0.29) is 44.6 Å². The zero-order chi connectivity index (χ0) is 38.0. The third-order valence-corrected chi connectivity index (χ3v) is 11.4. The molecule has 0 radical (unpaired) electrons. The van der Waals surface area contributed by atoms with Gasteiger partial charge < -0.3 is 14.0 Å². The number of carbonyl (C=O) groups is 2. The molecule has 0 saturated carbocycles. The first-order valence-corrected chi connectivity index (χ1v) is 25.1. The molecule has 0 aliphatic carbocycles. The molecular formula is C41H42N2O6SSi2. The van der Waals surface area contributed by atoms with Crippen molar-refractivity contribution in [1.29, 1.82) is 0 Å². The maximum absolute atomic E-state index is 14.7. The average Bonchev–Trinajstić information content (AvgIpc) is 3.77. The molecular weight excluding hydrogens is 705 g/mol. The number of ether oxygens (including phenoxy) is 2. The smallest absolute Gasteiger partial charge is 0.268 e. The van der Waals surface area contributed by atoms with E-state index in [0.29, 0.717) is 11.3 Å². The molecule has 11 heteroatoms. The Hall–Kier alpha value is -5.34. The number of methoxy groups -OCH3 is 2. The predicted octanol–water partition coefficient (Wildman–Crippen LogP) is 7.76. The number of rotatable bonds is 9. The largest absolute Gasteiger partial charge is 0.496 e. The Morgan fingerprint density at radius 2 is 1.19 bits per heavy atom. The van der Waals surface area contributed by atoms with E-state index in [0.717, 1.165) is 15.1 Å². The van der Waals surface area contributed by atoms with Gasteiger partial charge in [-0.05, 0) is 73.7 Å². The highest BCUT2D eigenvalue weighted by atomic mass is 32.2. The van der Waals surface area contributed by atoms with Crippen molar-refractivity contribution in [2.24, 2.45) is 0 Å². The second-order valence-electron chi connectivity index (χ2n) is 14.4. The summed E-state index contributed by atoms with van der Waals surface area (Å²) in [4.78, 5) is 28.9. The number of nitrogens with zero attached hydrogens (tertiary/aromatic N) is 2. The van der Waals surface area contributed by atoms with E-state index < -0.39 is 32.0 Å². The summed E-state index contributed by atoms with van der Waals surface area (Å²) in [6, 6.07) is 21.4. The number of carbonyl (C=O) groups excluding carboxylic acids is 2. The van der Waals surface area contributed by atoms with Gasteiger partial charge in [0.1, 0.15) is 33.3 Å². The lowest BCUT2D eigenvalue weighted by molar-refractivity contribution is 0.101. The summed E-state index contributed by atoms with van der Waals surface area (Å²) in [6.45, 7) is 14.7. The van der Waals surface area contributed by atoms with Crippen molar-refractivity contribution >= 4 is 37.7 Å². The first kappa shape index (κ1) is 37.9. The molecule has 0 aliphatic rings. The van der Waals surface area contributed by atoms with Gasteiger partial charge in [0.05, 0.1) is 41.6 Å². The summed E-state index contributed by atoms with van der Waals surface area (Å²) in [5, 5.41) is 0. The van der Waals surface area contributed by atoms with Crippen LogP contribution in [0.2, 0.25) is 39.3 Å². The molecule has 266 valence electrons. The second-order valence-corrected chi connectivity index (χ2v) is 25.7. The van der Waals surface area contributed by atoms with Crippen LogP contribution in [-0.4, -0.2) is 58.9 Å². The fourth-order valence-corrected chi connectivity index (χ4v) is 7.70. The van der Waals surface area contributed by atoms with Crippen molar-refractivity contribution in [3.8, 4) is 40.1 Å². The molecule has 2 heterocycles. The first-order valence-electron chi connectivity index (χ1n) is 16.7. The number of hydrogen-bond donors (Lipinski definition) is 0. The summed E-state index contributed by atoms with van der Waals surface area (Å²) in [6.07, 6.45) is 2.95. The van der Waals surface area contributed by atoms with Gasteiger partial charge in [-0.1, -0.05) is 68.8 Å². The lowest BCUT2D eigenvalue weighted by Gasteiger charge is -2.16. The van der Waals surface area contributed by atoms with E-state index in [1.165, 1.54) is 43.2 Å². The standard InChI is InChI=1S/C41H42N2O6SSi2/c1-29-12-16-32(17-13-29)50(46,47)43-24-20-35(39(43)41(45)34-19-15-31(28-38(34)49-3)22-26-52(7,8)9)42-23-10-11-36(42)40(44)33-18-14-30(27-37(33)48-2)21-25-51(4,5)6/h10-20,23-24,27-28H,1-9H3. The van der Waals surface area contributed by atoms with Crippen molar-refractivity contribution in [3.63, 3.8) is 0 Å². The summed E-state index contributed by atoms with van der Waals surface area (Å²) in [5.74, 6) is 5.95. The van der Waals surface area contributed by atoms with Crippen LogP contribution in [0.25, 0.3) is 5.69 Å². The molecule has 0 bridgehead atoms. The number of aromatic nitrogens is 2. The fourth-order valence-electron chi connectivity index (χ4n) is 5.31. The minimum atomic E-state index is -4.27. The molecule has 0 unspecified atom stereocenters. The average molecular weight is 747 g/mol. The molecule has 2 aromatic heterocycles. The van der Waals surface area contributed by atoms with Crippen LogP contribution < -0.4 is 9.47 Å². The topological polar surface area (TPSA) is 96.6 Å². The highest BCUT2D eigenvalue weighted by Crippen LogP contribution is 2.32. The van der Waals surface area contributed by atoms with Crippen LogP contribution in [0.1, 0.15) is 48.8 Å². The predicted molar refractivity (Wildman–Crippen MR) is 211 cm³/mol. The lowest BCUT2D eigenvalue weighted by atomic mass is 10.0. The minimum Gasteiger partial charge on any atom is -0.496 e. The summed E-state index contributed by atoms with van der Waals surface area (Å²) in [5.41, 5.74) is 9.56. The van der Waals surface area contributed by atoms with E-state index in [1.807, 2.05) is 6.92 Å². The highest BCUT2D eigenvalue weighted by molar-refractivity contribution is 7.90. The van der Waals surface area contributed by atoms with Gasteiger partial charge >= 0.3 is 0 Å². The van der Waals surface area contributed by atoms with E-state index in [9.17, 15) is 18.0 Å². The Kier molecular flexibility index (Phi) is 10.7. The number of ketones is 2. The Bertz CT molecular complexity index is 2420. The van der Waals surface area contributed by atoms with Gasteiger partial charge in [-0.25, -0.2) is 12.4 Å². The maximum Gasteiger partial charge on any atom is 0.268 e. The second kappa shape index (κ2) is 14.7. The van der Waals surface area contributed by atoms with Crippen LogP contribution >= 0.6 is 0 Å². The van der Waals surface area contributed by atoms with E-state index in [4.69, 9.17) is 9.47 Å². The van der Waals surface area contributed by atoms with Gasteiger partial charge in [0.2, 0.25) is 11.6 Å². The van der Waals surface area contributed by atoms with Crippen LogP contribution in [0.4, 0.5) is 0 Å². The number of aryl methyl sites for hydroxylation is 1. The maximum atomic E-state index is 14.7. The van der Waals surface area contributed by atoms with E-state index in [1.54, 1.807) is 66.9 Å². The molecule has 8 nitrogen and oxygen atoms in total. The summed E-state index contributed by atoms with van der Waals surface area (Å²) >= 11 is 0. The van der Waals surface area contributed by atoms with Crippen LogP contribution in [0.3, 0.4) is 0 Å². The normalized spacial score (nSPS) is 11.6. The lowest BCUT2D eigenvalue weighted by Crippen LogP contribution is -2.21. The van der Waals surface area contributed by atoms with E-state index >= 15 is 0 Å². The molecule has 0 atom stereocenters. The number of benzene rings is 3. The molecule has 0 amide bonds. The van der Waals surface area contributed by atoms with Gasteiger partial charge in [0.25, 0.3) is 10.0 Å². The van der Waals surface area contributed by atoms with Crippen molar-refractivity contribution in [1.82, 2.24) is 8.54 Å². The molecule has 3 aromatic carbocycles. The molecule has 0 N–H and O–H groups in total. The van der Waals surface area contributed by atoms with Crippen molar-refractivity contribution in [2.75, 3.05) is 14.2 Å². The Morgan fingerprint density at radius 3 is 1.69 bits per heavy atom. The molecule has 0 aliphatic heterocycles. The van der Waals surface area contributed by atoms with Crippen LogP contribution in [0, 0.1) is 29.9 Å². The van der Waals surface area contributed by atoms with E-state index in [2.05, 4.69) is 62.2 Å². The number of hydrogen-bond acceptors (Lipinski definition) is 6. The highest BCUT2D eigenvalue weighted by Gasteiger charge is 2.31. The monoisotopic (exact) mass is 746 g/mol. The van der Waals surface area contributed by atoms with Gasteiger partial charge in [-0.2, -0.15) is 0 Å². The summed E-state index contributed by atoms with van der Waals surface area (Å²) in [7, 11) is -4.67. The zero-order valence-corrected chi connectivity index (χ0v) is 33.7. The van der Waals surface area contributed by atoms with Gasteiger partial charge in [0.15, 0.2) is 0 Å². The SMILES string of the molecule is COc1cc(C#C[Si](C)(C)C)ccc1C(=O)c1cccn1-c1ccn(S(=O)(=O)c2ccc(C)cc2)c1C(=O)c1ccc(C#C[Si](C)(C)C)cc1OC. The Labute approximate surface area is 308 Å². The van der Waals surface area contributed by atoms with Crippen molar-refractivity contribution < 1.29 is 27.5 Å². The fraction of sp³-hybridized carbons (Fsp3) is 0.220. The third-order valence-electron chi connectivity index (χ3n) is 7.92. The molecule has 0 spiro atoms. The van der Waals surface area contributed by atoms with Crippen LogP contribution in [0.15, 0.2) is 96.2 Å². The van der Waals surface area contributed by atoms with Crippen molar-refractivity contribution in [3.05, 3.63) is 130 Å². The van der Waals surface area contributed by atoms with Crippen molar-refractivity contribution in [2.45, 2.75) is 51.1 Å². The van der Waals surface area contributed by atoms with Crippen LogP contribution in [0.5, 0.6) is 11.5 Å². The minimum absolute atomic E-state index is 0.00379. The molecule has 5 aromatic rings. The molecule has 52 heavy (non-hydrogen) atoms. The molecule has 0 fully saturated rings. The Morgan fingerprint density at radius 1 is 0.673 bits per heavy atom. The molecule has 0 saturated heterocycles. The van der Waals surface area contributed by atoms with Gasteiger partial charge in [-0.15, -0.1) is 11.1 Å². The zero-order valence-electron chi connectivity index (χ0n) is 30.9. The molecule has 5 rings (SSSR count). The summed E-state index contributed by atoms with van der Waals surface area (Å²) < 4.78 is 42.2. The first-order chi connectivity index (χ1) is 24.4.